The van der Waals surface area contributed by atoms with Gasteiger partial charge in [0.05, 0.1) is 10.0 Å². The fraction of sp³-hybridized carbons (Fsp3) is 0.571. The summed E-state index contributed by atoms with van der Waals surface area (Å²) in [5.41, 5.74) is 1.38. The summed E-state index contributed by atoms with van der Waals surface area (Å²) in [6.07, 6.45) is 3.56. The Morgan fingerprint density at radius 1 is 1.29 bits per heavy atom. The molecule has 17 heavy (non-hydrogen) atoms. The number of hydrogen-bond acceptors (Lipinski definition) is 1. The van der Waals surface area contributed by atoms with Gasteiger partial charge < -0.3 is 5.32 Å². The highest BCUT2D eigenvalue weighted by molar-refractivity contribution is 6.42. The summed E-state index contributed by atoms with van der Waals surface area (Å²) < 4.78 is 0. The quantitative estimate of drug-likeness (QED) is 0.846. The molecule has 2 rings (SSSR count). The minimum Gasteiger partial charge on any atom is -0.307 e. The van der Waals surface area contributed by atoms with Gasteiger partial charge in [-0.05, 0) is 49.4 Å². The van der Waals surface area contributed by atoms with Gasteiger partial charge in [-0.3, -0.25) is 0 Å². The van der Waals surface area contributed by atoms with Crippen molar-refractivity contribution in [2.45, 2.75) is 38.6 Å². The van der Waals surface area contributed by atoms with Crippen LogP contribution in [-0.2, 0) is 5.54 Å². The summed E-state index contributed by atoms with van der Waals surface area (Å²) >= 11 is 12.1. The van der Waals surface area contributed by atoms with E-state index in [9.17, 15) is 0 Å². The predicted octanol–water partition coefficient (Wildman–Crippen LogP) is 4.62. The predicted molar refractivity (Wildman–Crippen MR) is 74.8 cm³/mol. The highest BCUT2D eigenvalue weighted by atomic mass is 35.5. The third-order valence-electron chi connectivity index (χ3n) is 3.47. The molecule has 3 heteroatoms. The van der Waals surface area contributed by atoms with E-state index >= 15 is 0 Å². The Balaban J connectivity index is 2.35. The van der Waals surface area contributed by atoms with Gasteiger partial charge in [0.15, 0.2) is 0 Å². The molecule has 0 spiro atoms. The molecule has 1 aliphatic heterocycles. The Kier molecular flexibility index (Phi) is 4.02. The van der Waals surface area contributed by atoms with Crippen molar-refractivity contribution in [3.8, 4) is 0 Å². The SMILES string of the molecule is CC(C)CC1(c2ccc(Cl)c(Cl)c2)CCCN1. The molecule has 1 unspecified atom stereocenters. The standard InChI is InChI=1S/C14H19Cl2N/c1-10(2)9-14(6-3-7-17-14)11-4-5-12(15)13(16)8-11/h4-5,8,10,17H,3,6-7,9H2,1-2H3. The van der Waals surface area contributed by atoms with Crippen molar-refractivity contribution in [1.82, 2.24) is 5.32 Å². The molecule has 0 aromatic heterocycles. The van der Waals surface area contributed by atoms with Crippen molar-refractivity contribution in [2.24, 2.45) is 5.92 Å². The maximum absolute atomic E-state index is 6.13. The minimum atomic E-state index is 0.0996. The summed E-state index contributed by atoms with van der Waals surface area (Å²) in [7, 11) is 0. The molecule has 1 aromatic carbocycles. The second-order valence-corrected chi connectivity index (χ2v) is 6.15. The van der Waals surface area contributed by atoms with E-state index in [4.69, 9.17) is 23.2 Å². The summed E-state index contributed by atoms with van der Waals surface area (Å²) in [4.78, 5) is 0. The zero-order valence-electron chi connectivity index (χ0n) is 10.4. The first-order chi connectivity index (χ1) is 8.03. The number of halogens is 2. The summed E-state index contributed by atoms with van der Waals surface area (Å²) in [6, 6.07) is 6.03. The maximum atomic E-state index is 6.13. The van der Waals surface area contributed by atoms with Crippen LogP contribution in [0.5, 0.6) is 0 Å². The van der Waals surface area contributed by atoms with Crippen LogP contribution >= 0.6 is 23.2 Å². The van der Waals surface area contributed by atoms with Gasteiger partial charge in [0.2, 0.25) is 0 Å². The molecule has 0 aliphatic carbocycles. The zero-order chi connectivity index (χ0) is 12.5. The molecule has 1 aliphatic rings. The van der Waals surface area contributed by atoms with Crippen molar-refractivity contribution in [1.29, 1.82) is 0 Å². The van der Waals surface area contributed by atoms with E-state index < -0.39 is 0 Å². The third-order valence-corrected chi connectivity index (χ3v) is 4.21. The molecule has 0 amide bonds. The molecule has 0 saturated carbocycles. The zero-order valence-corrected chi connectivity index (χ0v) is 11.9. The van der Waals surface area contributed by atoms with Crippen LogP contribution in [0.25, 0.3) is 0 Å². The summed E-state index contributed by atoms with van der Waals surface area (Å²) in [5, 5.41) is 4.95. The normalized spacial score (nSPS) is 24.5. The van der Waals surface area contributed by atoms with Crippen LogP contribution in [0, 0.1) is 5.92 Å². The van der Waals surface area contributed by atoms with Crippen LogP contribution < -0.4 is 5.32 Å². The van der Waals surface area contributed by atoms with Gasteiger partial charge in [0, 0.05) is 5.54 Å². The first kappa shape index (κ1) is 13.2. The van der Waals surface area contributed by atoms with Crippen LogP contribution in [-0.4, -0.2) is 6.54 Å². The number of hydrogen-bond donors (Lipinski definition) is 1. The van der Waals surface area contributed by atoms with E-state index in [0.29, 0.717) is 16.0 Å². The van der Waals surface area contributed by atoms with Crippen molar-refractivity contribution in [3.05, 3.63) is 33.8 Å². The topological polar surface area (TPSA) is 12.0 Å². The van der Waals surface area contributed by atoms with E-state index in [1.54, 1.807) is 0 Å². The molecule has 1 nitrogen and oxygen atoms in total. The van der Waals surface area contributed by atoms with E-state index in [2.05, 4.69) is 25.2 Å². The Morgan fingerprint density at radius 3 is 2.59 bits per heavy atom. The molecular weight excluding hydrogens is 253 g/mol. The van der Waals surface area contributed by atoms with Crippen molar-refractivity contribution >= 4 is 23.2 Å². The molecule has 1 aromatic rings. The molecular formula is C14H19Cl2N. The monoisotopic (exact) mass is 271 g/mol. The molecule has 0 bridgehead atoms. The summed E-state index contributed by atoms with van der Waals surface area (Å²) in [5.74, 6) is 0.662. The first-order valence-corrected chi connectivity index (χ1v) is 7.00. The minimum absolute atomic E-state index is 0.0996. The number of benzene rings is 1. The number of rotatable bonds is 3. The fourth-order valence-electron chi connectivity index (χ4n) is 2.84. The first-order valence-electron chi connectivity index (χ1n) is 6.24. The van der Waals surface area contributed by atoms with Gasteiger partial charge in [-0.25, -0.2) is 0 Å². The van der Waals surface area contributed by atoms with Gasteiger partial charge in [-0.1, -0.05) is 43.1 Å². The van der Waals surface area contributed by atoms with Crippen LogP contribution in [0.1, 0.15) is 38.7 Å². The van der Waals surface area contributed by atoms with E-state index in [-0.39, 0.29) is 5.54 Å². The third kappa shape index (κ3) is 2.78. The van der Waals surface area contributed by atoms with Gasteiger partial charge in [-0.2, -0.15) is 0 Å². The maximum Gasteiger partial charge on any atom is 0.0595 e. The van der Waals surface area contributed by atoms with Crippen LogP contribution in [0.15, 0.2) is 18.2 Å². The second kappa shape index (κ2) is 5.17. The average molecular weight is 272 g/mol. The highest BCUT2D eigenvalue weighted by Gasteiger charge is 2.35. The Morgan fingerprint density at radius 2 is 2.06 bits per heavy atom. The molecule has 1 atom stereocenters. The fourth-order valence-corrected chi connectivity index (χ4v) is 3.13. The number of nitrogens with one attached hydrogen (secondary N) is 1. The lowest BCUT2D eigenvalue weighted by molar-refractivity contribution is 0.311. The Labute approximate surface area is 114 Å². The van der Waals surface area contributed by atoms with Crippen LogP contribution in [0.4, 0.5) is 0 Å². The summed E-state index contributed by atoms with van der Waals surface area (Å²) in [6.45, 7) is 5.62. The van der Waals surface area contributed by atoms with E-state index in [1.807, 2.05) is 12.1 Å². The van der Waals surface area contributed by atoms with Gasteiger partial charge in [0.25, 0.3) is 0 Å². The highest BCUT2D eigenvalue weighted by Crippen LogP contribution is 2.38. The lowest BCUT2D eigenvalue weighted by atomic mass is 9.81. The second-order valence-electron chi connectivity index (χ2n) is 5.34. The van der Waals surface area contributed by atoms with Crippen LogP contribution in [0.2, 0.25) is 10.0 Å². The van der Waals surface area contributed by atoms with Crippen molar-refractivity contribution < 1.29 is 0 Å². The molecule has 1 heterocycles. The molecule has 1 N–H and O–H groups in total. The van der Waals surface area contributed by atoms with E-state index in [1.165, 1.54) is 18.4 Å². The largest absolute Gasteiger partial charge is 0.307 e. The van der Waals surface area contributed by atoms with E-state index in [0.717, 1.165) is 13.0 Å². The van der Waals surface area contributed by atoms with Gasteiger partial charge in [0.1, 0.15) is 0 Å². The van der Waals surface area contributed by atoms with Crippen LogP contribution in [0.3, 0.4) is 0 Å². The van der Waals surface area contributed by atoms with Crippen molar-refractivity contribution in [3.63, 3.8) is 0 Å². The average Bonchev–Trinajstić information content (AvgIpc) is 2.70. The molecule has 94 valence electrons. The lowest BCUT2D eigenvalue weighted by Crippen LogP contribution is -2.38. The van der Waals surface area contributed by atoms with Gasteiger partial charge in [-0.15, -0.1) is 0 Å². The molecule has 0 radical (unpaired) electrons. The molecule has 1 saturated heterocycles. The molecule has 1 fully saturated rings. The Hall–Kier alpha value is -0.240. The Bertz CT molecular complexity index is 395. The van der Waals surface area contributed by atoms with Crippen molar-refractivity contribution in [2.75, 3.05) is 6.54 Å². The lowest BCUT2D eigenvalue weighted by Gasteiger charge is -2.32. The van der Waals surface area contributed by atoms with Gasteiger partial charge >= 0.3 is 0 Å². The smallest absolute Gasteiger partial charge is 0.0595 e.